The molecule has 0 aromatic carbocycles. The number of amides is 1. The number of hydrogen-bond donors (Lipinski definition) is 1. The van der Waals surface area contributed by atoms with Gasteiger partial charge in [0.15, 0.2) is 9.84 Å². The molecule has 0 radical (unpaired) electrons. The van der Waals surface area contributed by atoms with Crippen LogP contribution in [0.1, 0.15) is 39.5 Å². The van der Waals surface area contributed by atoms with E-state index < -0.39 is 20.5 Å². The summed E-state index contributed by atoms with van der Waals surface area (Å²) in [5.74, 6) is -0.00249. The van der Waals surface area contributed by atoms with Gasteiger partial charge in [-0.05, 0) is 45.4 Å². The summed E-state index contributed by atoms with van der Waals surface area (Å²) >= 11 is 6.01. The van der Waals surface area contributed by atoms with Gasteiger partial charge in [0.2, 0.25) is 5.91 Å². The Kier molecular flexibility index (Phi) is 5.06. The van der Waals surface area contributed by atoms with E-state index in [1.807, 2.05) is 0 Å². The molecule has 1 fully saturated rings. The summed E-state index contributed by atoms with van der Waals surface area (Å²) in [7, 11) is -3.40. The molecule has 0 bridgehead atoms. The van der Waals surface area contributed by atoms with Crippen LogP contribution in [-0.2, 0) is 14.6 Å². The van der Waals surface area contributed by atoms with Crippen LogP contribution in [0.15, 0.2) is 0 Å². The number of sulfone groups is 1. The Hall–Kier alpha value is -0.290. The van der Waals surface area contributed by atoms with Crippen molar-refractivity contribution in [1.82, 2.24) is 5.32 Å². The van der Waals surface area contributed by atoms with Gasteiger partial charge in [0.25, 0.3) is 0 Å². The molecule has 6 heteroatoms. The third kappa shape index (κ3) is 3.85. The van der Waals surface area contributed by atoms with Gasteiger partial charge in [0.1, 0.15) is 4.75 Å². The Balaban J connectivity index is 2.47. The lowest BCUT2D eigenvalue weighted by molar-refractivity contribution is -0.123. The fourth-order valence-electron chi connectivity index (χ4n) is 1.94. The van der Waals surface area contributed by atoms with Crippen LogP contribution in [0, 0.1) is 5.92 Å². The summed E-state index contributed by atoms with van der Waals surface area (Å²) in [5, 5.41) is 3.01. The molecular formula is C12H22ClNO3S. The first-order chi connectivity index (χ1) is 8.14. The van der Waals surface area contributed by atoms with E-state index in [1.54, 1.807) is 0 Å². The van der Waals surface area contributed by atoms with Crippen LogP contribution in [0.3, 0.4) is 0 Å². The lowest BCUT2D eigenvalue weighted by Crippen LogP contribution is -2.48. The topological polar surface area (TPSA) is 63.2 Å². The van der Waals surface area contributed by atoms with Crippen LogP contribution in [-0.4, -0.2) is 37.2 Å². The van der Waals surface area contributed by atoms with Crippen LogP contribution in [0.4, 0.5) is 0 Å². The normalized spacial score (nSPS) is 25.8. The number of nitrogens with one attached hydrogen (secondary N) is 1. The van der Waals surface area contributed by atoms with E-state index in [4.69, 9.17) is 11.6 Å². The van der Waals surface area contributed by atoms with Crippen molar-refractivity contribution in [3.8, 4) is 0 Å². The average molecular weight is 296 g/mol. The molecule has 1 amide bonds. The first-order valence-corrected chi connectivity index (χ1v) is 8.59. The van der Waals surface area contributed by atoms with Crippen molar-refractivity contribution < 1.29 is 13.2 Å². The maximum atomic E-state index is 11.9. The number of halogens is 1. The van der Waals surface area contributed by atoms with E-state index in [1.165, 1.54) is 13.8 Å². The Morgan fingerprint density at radius 1 is 1.28 bits per heavy atom. The lowest BCUT2D eigenvalue weighted by Gasteiger charge is -2.27. The van der Waals surface area contributed by atoms with Gasteiger partial charge in [0, 0.05) is 18.2 Å². The molecule has 1 N–H and O–H groups in total. The molecule has 0 aliphatic heterocycles. The molecule has 0 aromatic rings. The zero-order valence-electron chi connectivity index (χ0n) is 11.2. The number of hydrogen-bond acceptors (Lipinski definition) is 3. The molecule has 0 atom stereocenters. The minimum absolute atomic E-state index is 0.254. The van der Waals surface area contributed by atoms with E-state index in [9.17, 15) is 13.2 Å². The van der Waals surface area contributed by atoms with Crippen molar-refractivity contribution in [2.24, 2.45) is 5.92 Å². The summed E-state index contributed by atoms with van der Waals surface area (Å²) in [5.41, 5.74) is 0. The second-order valence-electron chi connectivity index (χ2n) is 5.61. The fourth-order valence-corrected chi connectivity index (χ4v) is 2.61. The van der Waals surface area contributed by atoms with Crippen molar-refractivity contribution >= 4 is 27.3 Å². The summed E-state index contributed by atoms with van der Waals surface area (Å²) < 4.78 is 21.7. The van der Waals surface area contributed by atoms with Gasteiger partial charge in [0.05, 0.1) is 0 Å². The molecule has 0 heterocycles. The molecule has 1 rings (SSSR count). The van der Waals surface area contributed by atoms with Crippen LogP contribution < -0.4 is 5.32 Å². The van der Waals surface area contributed by atoms with Crippen molar-refractivity contribution in [1.29, 1.82) is 0 Å². The minimum Gasteiger partial charge on any atom is -0.354 e. The van der Waals surface area contributed by atoms with E-state index in [0.717, 1.165) is 31.9 Å². The highest BCUT2D eigenvalue weighted by atomic mass is 35.5. The fraction of sp³-hybridized carbons (Fsp3) is 0.917. The molecule has 4 nitrogen and oxygen atoms in total. The SMILES string of the molecule is CC(C)(C(=O)NCC1CCC(Cl)CC1)S(C)(=O)=O. The zero-order chi connectivity index (χ0) is 14.0. The third-order valence-electron chi connectivity index (χ3n) is 3.80. The third-order valence-corrected chi connectivity index (χ3v) is 6.28. The van der Waals surface area contributed by atoms with Crippen LogP contribution in [0.5, 0.6) is 0 Å². The standard InChI is InChI=1S/C12H22ClNO3S/c1-12(2,18(3,16)17)11(15)14-8-9-4-6-10(13)7-5-9/h9-10H,4-8H2,1-3H3,(H,14,15). The van der Waals surface area contributed by atoms with Gasteiger partial charge in [-0.25, -0.2) is 8.42 Å². The lowest BCUT2D eigenvalue weighted by atomic mass is 9.89. The van der Waals surface area contributed by atoms with Crippen molar-refractivity contribution in [3.05, 3.63) is 0 Å². The Labute approximate surface area is 114 Å². The quantitative estimate of drug-likeness (QED) is 0.803. The molecule has 0 aromatic heterocycles. The predicted molar refractivity (Wildman–Crippen MR) is 73.5 cm³/mol. The average Bonchev–Trinajstić information content (AvgIpc) is 2.26. The van der Waals surface area contributed by atoms with Gasteiger partial charge in [-0.3, -0.25) is 4.79 Å². The molecule has 0 saturated heterocycles. The Bertz CT molecular complexity index is 398. The molecular weight excluding hydrogens is 274 g/mol. The smallest absolute Gasteiger partial charge is 0.240 e. The number of carbonyl (C=O) groups is 1. The molecule has 1 aliphatic rings. The number of rotatable bonds is 4. The van der Waals surface area contributed by atoms with Gasteiger partial charge in [-0.2, -0.15) is 0 Å². The van der Waals surface area contributed by atoms with E-state index in [2.05, 4.69) is 5.32 Å². The highest BCUT2D eigenvalue weighted by Gasteiger charge is 2.38. The van der Waals surface area contributed by atoms with Crippen LogP contribution in [0.2, 0.25) is 0 Å². The van der Waals surface area contributed by atoms with Crippen molar-refractivity contribution in [2.75, 3.05) is 12.8 Å². The zero-order valence-corrected chi connectivity index (χ0v) is 12.8. The molecule has 18 heavy (non-hydrogen) atoms. The van der Waals surface area contributed by atoms with E-state index in [0.29, 0.717) is 12.5 Å². The monoisotopic (exact) mass is 295 g/mol. The second kappa shape index (κ2) is 5.78. The Morgan fingerprint density at radius 2 is 1.78 bits per heavy atom. The summed E-state index contributed by atoms with van der Waals surface area (Å²) in [6, 6.07) is 0. The van der Waals surface area contributed by atoms with Gasteiger partial charge in [-0.1, -0.05) is 0 Å². The highest BCUT2D eigenvalue weighted by Crippen LogP contribution is 2.27. The molecule has 0 spiro atoms. The second-order valence-corrected chi connectivity index (χ2v) is 8.79. The predicted octanol–water partition coefficient (Wildman–Crippen LogP) is 1.72. The maximum Gasteiger partial charge on any atom is 0.240 e. The maximum absolute atomic E-state index is 11.9. The summed E-state index contributed by atoms with van der Waals surface area (Å²) in [6.45, 7) is 3.42. The first-order valence-electron chi connectivity index (χ1n) is 6.26. The molecule has 106 valence electrons. The molecule has 1 saturated carbocycles. The van der Waals surface area contributed by atoms with Gasteiger partial charge < -0.3 is 5.32 Å². The van der Waals surface area contributed by atoms with Crippen LogP contribution >= 0.6 is 11.6 Å². The van der Waals surface area contributed by atoms with Crippen molar-refractivity contribution in [2.45, 2.75) is 49.7 Å². The molecule has 0 unspecified atom stereocenters. The number of carbonyl (C=O) groups excluding carboxylic acids is 1. The minimum atomic E-state index is -3.40. The highest BCUT2D eigenvalue weighted by molar-refractivity contribution is 7.92. The van der Waals surface area contributed by atoms with E-state index >= 15 is 0 Å². The number of alkyl halides is 1. The molecule has 1 aliphatic carbocycles. The Morgan fingerprint density at radius 3 is 2.22 bits per heavy atom. The summed E-state index contributed by atoms with van der Waals surface area (Å²) in [4.78, 5) is 11.9. The van der Waals surface area contributed by atoms with Gasteiger partial charge >= 0.3 is 0 Å². The van der Waals surface area contributed by atoms with Crippen LogP contribution in [0.25, 0.3) is 0 Å². The largest absolute Gasteiger partial charge is 0.354 e. The summed E-state index contributed by atoms with van der Waals surface area (Å²) in [6.07, 6.45) is 5.02. The van der Waals surface area contributed by atoms with Crippen molar-refractivity contribution in [3.63, 3.8) is 0 Å². The van der Waals surface area contributed by atoms with E-state index in [-0.39, 0.29) is 5.38 Å². The van der Waals surface area contributed by atoms with Gasteiger partial charge in [-0.15, -0.1) is 11.6 Å². The first kappa shape index (κ1) is 15.8.